The fourth-order valence-corrected chi connectivity index (χ4v) is 5.34. The van der Waals surface area contributed by atoms with E-state index < -0.39 is 6.29 Å². The van der Waals surface area contributed by atoms with Crippen molar-refractivity contribution < 1.29 is 10.2 Å². The fourth-order valence-electron chi connectivity index (χ4n) is 4.76. The maximum absolute atomic E-state index is 9.40. The Morgan fingerprint density at radius 1 is 1.19 bits per heavy atom. The van der Waals surface area contributed by atoms with Crippen molar-refractivity contribution in [2.75, 3.05) is 5.73 Å². The Morgan fingerprint density at radius 3 is 2.87 bits per heavy atom. The van der Waals surface area contributed by atoms with E-state index in [1.54, 1.807) is 10.7 Å². The summed E-state index contributed by atoms with van der Waals surface area (Å²) in [6.07, 6.45) is 6.65. The molecule has 0 aliphatic heterocycles. The van der Waals surface area contributed by atoms with E-state index in [2.05, 4.69) is 32.1 Å². The van der Waals surface area contributed by atoms with E-state index in [4.69, 9.17) is 10.7 Å². The Bertz CT molecular complexity index is 1260. The highest BCUT2D eigenvalue weighted by atomic mass is 79.9. The van der Waals surface area contributed by atoms with Crippen molar-refractivity contribution in [3.8, 4) is 11.1 Å². The van der Waals surface area contributed by atoms with Crippen molar-refractivity contribution in [2.24, 2.45) is 5.92 Å². The second kappa shape index (κ2) is 8.18. The lowest BCUT2D eigenvalue weighted by Crippen LogP contribution is -2.21. The standard InChI is InChI=1S/C23H24BrN5O2/c24-20-21(15-6-3-4-13(8-15)9-19(30)31)28-23-17(12-27-29(23)22(20)25)16-10-14-5-1-2-7-18(14)26-11-16/h1-2,5,7,10-13,15,19,30-31H,3-4,6,8-9,25H2. The van der Waals surface area contributed by atoms with Crippen LogP contribution in [-0.2, 0) is 0 Å². The molecule has 0 saturated heterocycles. The molecule has 31 heavy (non-hydrogen) atoms. The molecule has 0 bridgehead atoms. The maximum atomic E-state index is 9.40. The number of fused-ring (bicyclic) bond motifs is 2. The van der Waals surface area contributed by atoms with E-state index in [9.17, 15) is 10.2 Å². The number of nitrogens with zero attached hydrogens (tertiary/aromatic N) is 4. The lowest BCUT2D eigenvalue weighted by atomic mass is 9.78. The van der Waals surface area contributed by atoms with Gasteiger partial charge in [-0.2, -0.15) is 9.61 Å². The zero-order valence-corrected chi connectivity index (χ0v) is 18.5. The summed E-state index contributed by atoms with van der Waals surface area (Å²) in [6, 6.07) is 10.1. The van der Waals surface area contributed by atoms with E-state index >= 15 is 0 Å². The van der Waals surface area contributed by atoms with Crippen LogP contribution in [0.1, 0.15) is 43.7 Å². The molecule has 3 heterocycles. The number of aromatic nitrogens is 4. The van der Waals surface area contributed by atoms with E-state index in [1.807, 2.05) is 30.5 Å². The Balaban J connectivity index is 1.58. The number of nitrogens with two attached hydrogens (primary N) is 1. The van der Waals surface area contributed by atoms with Gasteiger partial charge in [-0.25, -0.2) is 4.98 Å². The van der Waals surface area contributed by atoms with Gasteiger partial charge < -0.3 is 15.9 Å². The smallest absolute Gasteiger partial charge is 0.165 e. The van der Waals surface area contributed by atoms with E-state index in [0.29, 0.717) is 17.9 Å². The summed E-state index contributed by atoms with van der Waals surface area (Å²) >= 11 is 3.65. The summed E-state index contributed by atoms with van der Waals surface area (Å²) in [5.74, 6) is 0.986. The molecule has 4 aromatic rings. The Labute approximate surface area is 188 Å². The molecule has 1 aliphatic rings. The van der Waals surface area contributed by atoms with Crippen LogP contribution in [0.4, 0.5) is 5.82 Å². The molecule has 7 nitrogen and oxygen atoms in total. The first-order chi connectivity index (χ1) is 15.0. The summed E-state index contributed by atoms with van der Waals surface area (Å²) in [5, 5.41) is 24.3. The molecule has 1 fully saturated rings. The van der Waals surface area contributed by atoms with Crippen LogP contribution >= 0.6 is 15.9 Å². The largest absolute Gasteiger partial charge is 0.383 e. The summed E-state index contributed by atoms with van der Waals surface area (Å²) in [6.45, 7) is 0. The minimum atomic E-state index is -1.27. The molecule has 1 aliphatic carbocycles. The molecule has 4 N–H and O–H groups in total. The van der Waals surface area contributed by atoms with Gasteiger partial charge >= 0.3 is 0 Å². The molecule has 2 unspecified atom stereocenters. The van der Waals surface area contributed by atoms with Gasteiger partial charge in [-0.3, -0.25) is 4.98 Å². The number of aliphatic hydroxyl groups excluding tert-OH is 1. The zero-order valence-electron chi connectivity index (χ0n) is 16.9. The van der Waals surface area contributed by atoms with Crippen LogP contribution in [0.15, 0.2) is 47.2 Å². The maximum Gasteiger partial charge on any atom is 0.165 e. The molecule has 2 atom stereocenters. The van der Waals surface area contributed by atoms with Gasteiger partial charge in [0.1, 0.15) is 5.82 Å². The summed E-state index contributed by atoms with van der Waals surface area (Å²) in [4.78, 5) is 9.59. The van der Waals surface area contributed by atoms with Crippen LogP contribution in [0, 0.1) is 5.92 Å². The molecule has 1 aromatic carbocycles. The van der Waals surface area contributed by atoms with Crippen LogP contribution in [-0.4, -0.2) is 36.1 Å². The average molecular weight is 482 g/mol. The number of hydrogen-bond acceptors (Lipinski definition) is 6. The Kier molecular flexibility index (Phi) is 5.37. The van der Waals surface area contributed by atoms with Gasteiger partial charge in [-0.05, 0) is 46.8 Å². The van der Waals surface area contributed by atoms with Gasteiger partial charge in [0.2, 0.25) is 0 Å². The third kappa shape index (κ3) is 3.79. The number of pyridine rings is 1. The number of halogens is 1. The van der Waals surface area contributed by atoms with Crippen molar-refractivity contribution in [1.82, 2.24) is 19.6 Å². The van der Waals surface area contributed by atoms with Crippen LogP contribution in [0.2, 0.25) is 0 Å². The highest BCUT2D eigenvalue weighted by Gasteiger charge is 2.29. The number of para-hydroxylation sites is 1. The van der Waals surface area contributed by atoms with Crippen LogP contribution in [0.3, 0.4) is 0 Å². The van der Waals surface area contributed by atoms with Crippen LogP contribution in [0.5, 0.6) is 0 Å². The van der Waals surface area contributed by atoms with Gasteiger partial charge in [-0.1, -0.05) is 31.0 Å². The number of anilines is 1. The van der Waals surface area contributed by atoms with Crippen molar-refractivity contribution in [3.63, 3.8) is 0 Å². The molecular formula is C23H24BrN5O2. The van der Waals surface area contributed by atoms with Crippen molar-refractivity contribution in [1.29, 1.82) is 0 Å². The molecule has 160 valence electrons. The highest BCUT2D eigenvalue weighted by molar-refractivity contribution is 9.10. The molecule has 3 aromatic heterocycles. The Hall–Kier alpha value is -2.55. The topological polar surface area (TPSA) is 110 Å². The molecule has 1 saturated carbocycles. The first-order valence-corrected chi connectivity index (χ1v) is 11.3. The monoisotopic (exact) mass is 481 g/mol. The molecule has 0 radical (unpaired) electrons. The fraction of sp³-hybridized carbons (Fsp3) is 0.348. The predicted molar refractivity (Wildman–Crippen MR) is 123 cm³/mol. The number of benzene rings is 1. The number of nitrogen functional groups attached to an aromatic ring is 1. The number of hydrogen-bond donors (Lipinski definition) is 3. The van der Waals surface area contributed by atoms with E-state index in [-0.39, 0.29) is 11.8 Å². The van der Waals surface area contributed by atoms with Crippen molar-refractivity contribution in [3.05, 3.63) is 52.9 Å². The molecular weight excluding hydrogens is 458 g/mol. The summed E-state index contributed by atoms with van der Waals surface area (Å²) in [5.41, 5.74) is 10.8. The van der Waals surface area contributed by atoms with Crippen molar-refractivity contribution >= 4 is 38.3 Å². The SMILES string of the molecule is Nc1c(Br)c(C2CCCC(CC(O)O)C2)nc2c(-c3cnc4ccccc4c3)cnn12. The normalized spacial score (nSPS) is 19.5. The van der Waals surface area contributed by atoms with Gasteiger partial charge in [0, 0.05) is 35.0 Å². The number of rotatable bonds is 4. The zero-order chi connectivity index (χ0) is 21.5. The number of aliphatic hydroxyl groups is 2. The first-order valence-electron chi connectivity index (χ1n) is 10.5. The molecule has 8 heteroatoms. The van der Waals surface area contributed by atoms with E-state index in [1.165, 1.54) is 0 Å². The molecule has 0 amide bonds. The second-order valence-corrected chi connectivity index (χ2v) is 9.15. The quantitative estimate of drug-likeness (QED) is 0.375. The van der Waals surface area contributed by atoms with Crippen LogP contribution < -0.4 is 5.73 Å². The van der Waals surface area contributed by atoms with E-state index in [0.717, 1.165) is 57.9 Å². The van der Waals surface area contributed by atoms with Crippen molar-refractivity contribution in [2.45, 2.75) is 44.3 Å². The van der Waals surface area contributed by atoms with Gasteiger partial charge in [-0.15, -0.1) is 0 Å². The Morgan fingerprint density at radius 2 is 2.03 bits per heavy atom. The van der Waals surface area contributed by atoms with Crippen LogP contribution in [0.25, 0.3) is 27.7 Å². The molecule has 0 spiro atoms. The minimum Gasteiger partial charge on any atom is -0.383 e. The third-order valence-electron chi connectivity index (χ3n) is 6.26. The average Bonchev–Trinajstić information content (AvgIpc) is 3.20. The minimum absolute atomic E-state index is 0.205. The second-order valence-electron chi connectivity index (χ2n) is 8.35. The van der Waals surface area contributed by atoms with Gasteiger partial charge in [0.05, 0.1) is 21.9 Å². The molecule has 5 rings (SSSR count). The first kappa shape index (κ1) is 20.4. The summed E-state index contributed by atoms with van der Waals surface area (Å²) < 4.78 is 2.43. The van der Waals surface area contributed by atoms with Gasteiger partial charge in [0.25, 0.3) is 0 Å². The third-order valence-corrected chi connectivity index (χ3v) is 7.08. The summed E-state index contributed by atoms with van der Waals surface area (Å²) in [7, 11) is 0. The lowest BCUT2D eigenvalue weighted by Gasteiger charge is -2.30. The highest BCUT2D eigenvalue weighted by Crippen LogP contribution is 2.42. The van der Waals surface area contributed by atoms with Gasteiger partial charge in [0.15, 0.2) is 11.9 Å². The predicted octanol–water partition coefficient (Wildman–Crippen LogP) is 4.26. The lowest BCUT2D eigenvalue weighted by molar-refractivity contribution is -0.0595.